The summed E-state index contributed by atoms with van der Waals surface area (Å²) in [6.07, 6.45) is 2.05. The highest BCUT2D eigenvalue weighted by Gasteiger charge is 2.25. The van der Waals surface area contributed by atoms with Gasteiger partial charge in [-0.05, 0) is 38.1 Å². The number of piperidine rings is 1. The summed E-state index contributed by atoms with van der Waals surface area (Å²) in [5.41, 5.74) is 0.407. The second-order valence-corrected chi connectivity index (χ2v) is 6.51. The molecule has 0 saturated carbocycles. The summed E-state index contributed by atoms with van der Waals surface area (Å²) in [6.45, 7) is 2.41. The summed E-state index contributed by atoms with van der Waals surface area (Å²) in [4.78, 5) is 14.5. The van der Waals surface area contributed by atoms with Crippen LogP contribution in [0.4, 0.5) is 5.69 Å². The van der Waals surface area contributed by atoms with Crippen LogP contribution in [-0.4, -0.2) is 30.4 Å². The molecule has 2 rings (SSSR count). The number of carbonyl (C=O) groups is 1. The number of likely N-dealkylation sites (tertiary alicyclic amines) is 1. The van der Waals surface area contributed by atoms with Crippen LogP contribution in [0.5, 0.6) is 0 Å². The fraction of sp³-hybridized carbons (Fsp3) is 0.467. The van der Waals surface area contributed by atoms with E-state index in [1.807, 2.05) is 0 Å². The average Bonchev–Trinajstić information content (AvgIpc) is 2.49. The van der Waals surface area contributed by atoms with Crippen LogP contribution in [0.1, 0.15) is 19.3 Å². The van der Waals surface area contributed by atoms with Crippen molar-refractivity contribution >= 4 is 46.4 Å². The predicted molar refractivity (Wildman–Crippen MR) is 89.5 cm³/mol. The lowest BCUT2D eigenvalue weighted by atomic mass is 9.95. The predicted octanol–water partition coefficient (Wildman–Crippen LogP) is 4.21. The molecule has 7 heteroatoms. The van der Waals surface area contributed by atoms with E-state index in [0.717, 1.165) is 32.5 Å². The molecule has 1 aliphatic heterocycles. The molecule has 0 atom stereocenters. The van der Waals surface area contributed by atoms with E-state index >= 15 is 0 Å². The van der Waals surface area contributed by atoms with Crippen molar-refractivity contribution in [2.24, 2.45) is 5.92 Å². The Morgan fingerprint density at radius 1 is 1.27 bits per heavy atom. The van der Waals surface area contributed by atoms with Crippen molar-refractivity contribution in [1.29, 1.82) is 5.26 Å². The fourth-order valence-electron chi connectivity index (χ4n) is 2.51. The third kappa shape index (κ3) is 4.50. The molecular weight excluding hydrogens is 345 g/mol. The lowest BCUT2D eigenvalue weighted by Crippen LogP contribution is -2.38. The first kappa shape index (κ1) is 17.4. The highest BCUT2D eigenvalue weighted by Crippen LogP contribution is 2.34. The molecule has 1 saturated heterocycles. The number of nitrogens with one attached hydrogen (secondary N) is 1. The standard InChI is InChI=1S/C15H16Cl3N3O/c16-11-8-12(17)14(13(18)9-11)20-15(22)10-2-6-21(7-3-10)5-1-4-19/h8-10H,1-3,5-7H2,(H,20,22). The van der Waals surface area contributed by atoms with Crippen LogP contribution < -0.4 is 5.32 Å². The summed E-state index contributed by atoms with van der Waals surface area (Å²) in [5, 5.41) is 12.5. The first-order valence-corrected chi connectivity index (χ1v) is 8.19. The Morgan fingerprint density at radius 3 is 2.41 bits per heavy atom. The van der Waals surface area contributed by atoms with Crippen LogP contribution in [0.25, 0.3) is 0 Å². The Morgan fingerprint density at radius 2 is 1.86 bits per heavy atom. The highest BCUT2D eigenvalue weighted by atomic mass is 35.5. The number of nitriles is 1. The van der Waals surface area contributed by atoms with Crippen LogP contribution in [0.2, 0.25) is 15.1 Å². The summed E-state index contributed by atoms with van der Waals surface area (Å²) in [5.74, 6) is -0.146. The molecule has 1 heterocycles. The number of anilines is 1. The van der Waals surface area contributed by atoms with E-state index in [1.54, 1.807) is 12.1 Å². The van der Waals surface area contributed by atoms with E-state index < -0.39 is 0 Å². The van der Waals surface area contributed by atoms with Gasteiger partial charge in [0.25, 0.3) is 0 Å². The molecule has 1 N–H and O–H groups in total. The largest absolute Gasteiger partial charge is 0.323 e. The summed E-state index contributed by atoms with van der Waals surface area (Å²) in [6, 6.07) is 5.24. The number of hydrogen-bond donors (Lipinski definition) is 1. The van der Waals surface area contributed by atoms with E-state index in [-0.39, 0.29) is 11.8 Å². The molecule has 0 radical (unpaired) electrons. The zero-order valence-electron chi connectivity index (χ0n) is 11.9. The van der Waals surface area contributed by atoms with Crippen LogP contribution in [0, 0.1) is 17.2 Å². The number of carbonyl (C=O) groups excluding carboxylic acids is 1. The SMILES string of the molecule is N#CCCN1CCC(C(=O)Nc2c(Cl)cc(Cl)cc2Cl)CC1. The number of nitrogens with zero attached hydrogens (tertiary/aromatic N) is 2. The zero-order chi connectivity index (χ0) is 16.1. The van der Waals surface area contributed by atoms with E-state index in [1.165, 1.54) is 0 Å². The van der Waals surface area contributed by atoms with Crippen LogP contribution in [0.15, 0.2) is 12.1 Å². The van der Waals surface area contributed by atoms with Gasteiger partial charge in [-0.1, -0.05) is 34.8 Å². The summed E-state index contributed by atoms with van der Waals surface area (Å²) < 4.78 is 0. The van der Waals surface area contributed by atoms with Gasteiger partial charge in [-0.25, -0.2) is 0 Å². The van der Waals surface area contributed by atoms with Crippen LogP contribution >= 0.6 is 34.8 Å². The van der Waals surface area contributed by atoms with Gasteiger partial charge in [-0.15, -0.1) is 0 Å². The van der Waals surface area contributed by atoms with Gasteiger partial charge in [-0.2, -0.15) is 5.26 Å². The van der Waals surface area contributed by atoms with Gasteiger partial charge in [0.2, 0.25) is 5.91 Å². The molecule has 0 aromatic heterocycles. The molecule has 22 heavy (non-hydrogen) atoms. The third-order valence-corrected chi connectivity index (χ3v) is 4.57. The van der Waals surface area contributed by atoms with E-state index in [9.17, 15) is 4.79 Å². The van der Waals surface area contributed by atoms with Gasteiger partial charge >= 0.3 is 0 Å². The topological polar surface area (TPSA) is 56.1 Å². The lowest BCUT2D eigenvalue weighted by molar-refractivity contribution is -0.121. The minimum atomic E-state index is -0.0777. The van der Waals surface area contributed by atoms with Gasteiger partial charge in [0.05, 0.1) is 21.8 Å². The quantitative estimate of drug-likeness (QED) is 0.875. The number of amides is 1. The maximum atomic E-state index is 12.3. The minimum absolute atomic E-state index is 0.0684. The monoisotopic (exact) mass is 359 g/mol. The molecule has 4 nitrogen and oxygen atoms in total. The molecule has 118 valence electrons. The van der Waals surface area contributed by atoms with E-state index in [4.69, 9.17) is 40.1 Å². The number of hydrogen-bond acceptors (Lipinski definition) is 3. The summed E-state index contributed by atoms with van der Waals surface area (Å²) in [7, 11) is 0. The molecule has 1 amide bonds. The fourth-order valence-corrected chi connectivity index (χ4v) is 3.43. The Labute approximate surface area is 144 Å². The molecule has 1 aromatic carbocycles. The van der Waals surface area contributed by atoms with Gasteiger partial charge in [0.15, 0.2) is 0 Å². The Kier molecular flexibility index (Phi) is 6.34. The maximum absolute atomic E-state index is 12.3. The van der Waals surface area contributed by atoms with Crippen molar-refractivity contribution in [3.63, 3.8) is 0 Å². The molecule has 1 aliphatic rings. The smallest absolute Gasteiger partial charge is 0.227 e. The molecule has 0 bridgehead atoms. The van der Waals surface area contributed by atoms with E-state index in [2.05, 4.69) is 16.3 Å². The van der Waals surface area contributed by atoms with Crippen molar-refractivity contribution < 1.29 is 4.79 Å². The number of rotatable bonds is 4. The van der Waals surface area contributed by atoms with Gasteiger partial charge in [-0.3, -0.25) is 4.79 Å². The second kappa shape index (κ2) is 8.03. The average molecular weight is 361 g/mol. The zero-order valence-corrected chi connectivity index (χ0v) is 14.2. The number of benzene rings is 1. The van der Waals surface area contributed by atoms with Crippen LogP contribution in [0.3, 0.4) is 0 Å². The van der Waals surface area contributed by atoms with Gasteiger partial charge < -0.3 is 10.2 Å². The molecule has 1 aromatic rings. The normalized spacial score (nSPS) is 16.3. The van der Waals surface area contributed by atoms with E-state index in [0.29, 0.717) is 27.2 Å². The van der Waals surface area contributed by atoms with Crippen molar-refractivity contribution in [1.82, 2.24) is 4.90 Å². The Balaban J connectivity index is 1.93. The molecule has 0 spiro atoms. The summed E-state index contributed by atoms with van der Waals surface area (Å²) >= 11 is 18.0. The first-order chi connectivity index (χ1) is 10.5. The van der Waals surface area contributed by atoms with Crippen molar-refractivity contribution in [2.45, 2.75) is 19.3 Å². The van der Waals surface area contributed by atoms with Gasteiger partial charge in [0, 0.05) is 23.9 Å². The number of halogens is 3. The van der Waals surface area contributed by atoms with Crippen molar-refractivity contribution in [2.75, 3.05) is 25.0 Å². The third-order valence-electron chi connectivity index (χ3n) is 3.75. The van der Waals surface area contributed by atoms with Crippen molar-refractivity contribution in [3.8, 4) is 6.07 Å². The molecule has 1 fully saturated rings. The highest BCUT2D eigenvalue weighted by molar-refractivity contribution is 6.42. The maximum Gasteiger partial charge on any atom is 0.227 e. The lowest BCUT2D eigenvalue weighted by Gasteiger charge is -2.30. The Bertz CT molecular complexity index is 569. The second-order valence-electron chi connectivity index (χ2n) is 5.26. The molecule has 0 aliphatic carbocycles. The minimum Gasteiger partial charge on any atom is -0.323 e. The van der Waals surface area contributed by atoms with Gasteiger partial charge in [0.1, 0.15) is 0 Å². The molecular formula is C15H16Cl3N3O. The Hall–Kier alpha value is -0.990. The molecule has 0 unspecified atom stereocenters. The first-order valence-electron chi connectivity index (χ1n) is 7.06. The van der Waals surface area contributed by atoms with Crippen LogP contribution in [-0.2, 0) is 4.79 Å². The van der Waals surface area contributed by atoms with Crippen molar-refractivity contribution in [3.05, 3.63) is 27.2 Å².